The van der Waals surface area contributed by atoms with Crippen molar-refractivity contribution >= 4 is 11.8 Å². The molecule has 9 heteroatoms. The van der Waals surface area contributed by atoms with Crippen molar-refractivity contribution in [2.75, 3.05) is 6.61 Å². The Morgan fingerprint density at radius 1 is 1.17 bits per heavy atom. The first-order valence-electron chi connectivity index (χ1n) is 9.43. The van der Waals surface area contributed by atoms with Crippen LogP contribution in [0.2, 0.25) is 0 Å². The Labute approximate surface area is 171 Å². The molecule has 4 rings (SSSR count). The molecule has 8 nitrogen and oxygen atoms in total. The van der Waals surface area contributed by atoms with Crippen molar-refractivity contribution in [2.45, 2.75) is 61.7 Å². The van der Waals surface area contributed by atoms with Gasteiger partial charge in [-0.05, 0) is 32.9 Å². The highest BCUT2D eigenvalue weighted by molar-refractivity contribution is 7.98. The average molecular weight is 420 g/mol. The van der Waals surface area contributed by atoms with Crippen molar-refractivity contribution in [3.8, 4) is 0 Å². The van der Waals surface area contributed by atoms with E-state index in [-0.39, 0.29) is 6.61 Å². The van der Waals surface area contributed by atoms with Gasteiger partial charge in [0.1, 0.15) is 18.3 Å². The number of H-pyrrole nitrogens is 1. The summed E-state index contributed by atoms with van der Waals surface area (Å²) in [6.07, 6.45) is -0.964. The van der Waals surface area contributed by atoms with Crippen molar-refractivity contribution in [2.24, 2.45) is 0 Å². The van der Waals surface area contributed by atoms with Gasteiger partial charge in [-0.3, -0.25) is 14.3 Å². The number of aliphatic hydroxyl groups excluding tert-OH is 1. The van der Waals surface area contributed by atoms with E-state index in [1.54, 1.807) is 13.8 Å². The normalized spacial score (nSPS) is 27.9. The van der Waals surface area contributed by atoms with Gasteiger partial charge in [0, 0.05) is 22.4 Å². The highest BCUT2D eigenvalue weighted by Gasteiger charge is 2.55. The Bertz CT molecular complexity index is 999. The minimum atomic E-state index is -0.847. The number of aryl methyl sites for hydroxylation is 1. The van der Waals surface area contributed by atoms with Crippen LogP contribution >= 0.6 is 11.8 Å². The number of hydrogen-bond acceptors (Lipinski definition) is 7. The molecule has 0 bridgehead atoms. The summed E-state index contributed by atoms with van der Waals surface area (Å²) in [6.45, 7) is 5.30. The molecule has 4 atom stereocenters. The summed E-state index contributed by atoms with van der Waals surface area (Å²) >= 11 is 1.51. The van der Waals surface area contributed by atoms with E-state index in [0.29, 0.717) is 11.3 Å². The van der Waals surface area contributed by atoms with Crippen LogP contribution in [-0.2, 0) is 20.0 Å². The van der Waals surface area contributed by atoms with Crippen LogP contribution in [-0.4, -0.2) is 45.4 Å². The van der Waals surface area contributed by atoms with E-state index in [0.717, 1.165) is 10.5 Å². The molecule has 0 aliphatic carbocycles. The van der Waals surface area contributed by atoms with E-state index in [2.05, 4.69) is 4.98 Å². The number of nitrogens with one attached hydrogen (secondary N) is 1. The molecule has 2 aliphatic heterocycles. The molecule has 0 radical (unpaired) electrons. The first-order chi connectivity index (χ1) is 13.8. The van der Waals surface area contributed by atoms with Crippen LogP contribution in [0.3, 0.4) is 0 Å². The maximum absolute atomic E-state index is 12.5. The summed E-state index contributed by atoms with van der Waals surface area (Å²) in [5.74, 6) is -0.452. The quantitative estimate of drug-likeness (QED) is 0.708. The number of rotatable bonds is 5. The Morgan fingerprint density at radius 2 is 1.86 bits per heavy atom. The maximum Gasteiger partial charge on any atom is 0.330 e. The largest absolute Gasteiger partial charge is 0.394 e. The first-order valence-corrected chi connectivity index (χ1v) is 10.4. The van der Waals surface area contributed by atoms with E-state index < -0.39 is 41.6 Å². The fraction of sp³-hybridized carbons (Fsp3) is 0.500. The highest BCUT2D eigenvalue weighted by atomic mass is 32.2. The zero-order valence-corrected chi connectivity index (χ0v) is 17.3. The predicted octanol–water partition coefficient (Wildman–Crippen LogP) is 1.55. The van der Waals surface area contributed by atoms with Gasteiger partial charge >= 0.3 is 5.69 Å². The number of benzene rings is 1. The average Bonchev–Trinajstić information content (AvgIpc) is 3.15. The lowest BCUT2D eigenvalue weighted by atomic mass is 10.1. The fourth-order valence-corrected chi connectivity index (χ4v) is 4.50. The van der Waals surface area contributed by atoms with Gasteiger partial charge in [0.15, 0.2) is 12.0 Å². The number of aromatic nitrogens is 2. The summed E-state index contributed by atoms with van der Waals surface area (Å²) < 4.78 is 18.9. The zero-order valence-electron chi connectivity index (χ0n) is 16.5. The van der Waals surface area contributed by atoms with Gasteiger partial charge in [-0.1, -0.05) is 17.7 Å². The van der Waals surface area contributed by atoms with Gasteiger partial charge < -0.3 is 19.3 Å². The lowest BCUT2D eigenvalue weighted by Crippen LogP contribution is -2.38. The van der Waals surface area contributed by atoms with Crippen LogP contribution < -0.4 is 11.2 Å². The van der Waals surface area contributed by atoms with Crippen molar-refractivity contribution < 1.29 is 19.3 Å². The molecule has 3 heterocycles. The van der Waals surface area contributed by atoms with E-state index in [9.17, 15) is 14.7 Å². The number of fused-ring (bicyclic) bond motifs is 1. The number of ether oxygens (including phenoxy) is 3. The van der Waals surface area contributed by atoms with E-state index in [1.165, 1.54) is 22.5 Å². The van der Waals surface area contributed by atoms with Gasteiger partial charge in [0.25, 0.3) is 5.56 Å². The SMILES string of the molecule is Cc1ccc(SCc2cn([C@@H]3O[C@H](CO)[C@H]4OC(C)(C)O[C@H]43)c(=O)[nH]c2=O)cc1. The lowest BCUT2D eigenvalue weighted by molar-refractivity contribution is -0.200. The third-order valence-electron chi connectivity index (χ3n) is 5.04. The third-order valence-corrected chi connectivity index (χ3v) is 6.10. The Hall–Kier alpha value is -1.91. The molecule has 2 N–H and O–H groups in total. The second-order valence-corrected chi connectivity index (χ2v) is 8.78. The number of aliphatic hydroxyl groups is 1. The highest BCUT2D eigenvalue weighted by Crippen LogP contribution is 2.42. The Morgan fingerprint density at radius 3 is 2.55 bits per heavy atom. The fourth-order valence-electron chi connectivity index (χ4n) is 3.64. The number of aromatic amines is 1. The van der Waals surface area contributed by atoms with Crippen LogP contribution in [0.4, 0.5) is 0 Å². The number of thioether (sulfide) groups is 1. The second-order valence-electron chi connectivity index (χ2n) is 7.74. The van der Waals surface area contributed by atoms with Crippen LogP contribution in [0.5, 0.6) is 0 Å². The third kappa shape index (κ3) is 4.06. The Kier molecular flexibility index (Phi) is 5.43. The van der Waals surface area contributed by atoms with Gasteiger partial charge in [0.2, 0.25) is 0 Å². The van der Waals surface area contributed by atoms with Gasteiger partial charge in [-0.25, -0.2) is 4.79 Å². The number of nitrogens with zero attached hydrogens (tertiary/aromatic N) is 1. The molecule has 1 aromatic carbocycles. The zero-order chi connectivity index (χ0) is 20.8. The van der Waals surface area contributed by atoms with Crippen molar-refractivity contribution in [3.63, 3.8) is 0 Å². The van der Waals surface area contributed by atoms with Crippen molar-refractivity contribution in [1.29, 1.82) is 0 Å². The van der Waals surface area contributed by atoms with Gasteiger partial charge in [-0.2, -0.15) is 0 Å². The molecular formula is C20H24N2O6S. The van der Waals surface area contributed by atoms with Gasteiger partial charge in [0.05, 0.1) is 6.61 Å². The smallest absolute Gasteiger partial charge is 0.330 e. The topological polar surface area (TPSA) is 103 Å². The van der Waals surface area contributed by atoms with Crippen LogP contribution in [0, 0.1) is 6.92 Å². The van der Waals surface area contributed by atoms with Crippen LogP contribution in [0.25, 0.3) is 0 Å². The molecule has 0 spiro atoms. The predicted molar refractivity (Wildman–Crippen MR) is 107 cm³/mol. The maximum atomic E-state index is 12.5. The van der Waals surface area contributed by atoms with E-state index in [1.807, 2.05) is 31.2 Å². The van der Waals surface area contributed by atoms with E-state index in [4.69, 9.17) is 14.2 Å². The minimum Gasteiger partial charge on any atom is -0.394 e. The molecule has 0 amide bonds. The Balaban J connectivity index is 1.61. The molecular weight excluding hydrogens is 396 g/mol. The molecule has 0 unspecified atom stereocenters. The molecule has 156 valence electrons. The van der Waals surface area contributed by atoms with E-state index >= 15 is 0 Å². The molecule has 29 heavy (non-hydrogen) atoms. The lowest BCUT2D eigenvalue weighted by Gasteiger charge is -2.24. The van der Waals surface area contributed by atoms with Crippen molar-refractivity contribution in [3.05, 3.63) is 62.4 Å². The van der Waals surface area contributed by atoms with Crippen LogP contribution in [0.1, 0.15) is 31.2 Å². The summed E-state index contributed by atoms with van der Waals surface area (Å²) in [4.78, 5) is 28.2. The van der Waals surface area contributed by atoms with Crippen molar-refractivity contribution in [1.82, 2.24) is 9.55 Å². The monoisotopic (exact) mass is 420 g/mol. The summed E-state index contributed by atoms with van der Waals surface area (Å²) in [5, 5.41) is 9.64. The summed E-state index contributed by atoms with van der Waals surface area (Å²) in [5.41, 5.74) is 0.590. The summed E-state index contributed by atoms with van der Waals surface area (Å²) in [6, 6.07) is 8.00. The second kappa shape index (κ2) is 7.73. The van der Waals surface area contributed by atoms with Gasteiger partial charge in [-0.15, -0.1) is 11.8 Å². The molecule has 2 aliphatic rings. The molecule has 2 fully saturated rings. The molecule has 0 saturated carbocycles. The standard InChI is InChI=1S/C20H24N2O6S/c1-11-4-6-13(7-5-11)29-10-12-8-22(19(25)21-17(12)24)18-16-15(14(9-23)26-18)27-20(2,3)28-16/h4-8,14-16,18,23H,9-10H2,1-3H3,(H,21,24,25)/t14-,15-,16-,18-/m1/s1. The molecule has 2 aromatic rings. The summed E-state index contributed by atoms with van der Waals surface area (Å²) in [7, 11) is 0. The molecule has 1 aromatic heterocycles. The van der Waals surface area contributed by atoms with Crippen LogP contribution in [0.15, 0.2) is 44.9 Å². The first kappa shape index (κ1) is 20.4. The number of hydrogen-bond donors (Lipinski definition) is 2. The molecule has 2 saturated heterocycles. The minimum absolute atomic E-state index is 0.259.